The minimum absolute atomic E-state index is 0.0375. The molecule has 0 spiro atoms. The van der Waals surface area contributed by atoms with Crippen LogP contribution in [0.25, 0.3) is 16.0 Å². The molecule has 0 aliphatic carbocycles. The Morgan fingerprint density at radius 1 is 1.06 bits per heavy atom. The number of hydrogen-bond donors (Lipinski definition) is 1. The van der Waals surface area contributed by atoms with E-state index in [0.29, 0.717) is 27.1 Å². The van der Waals surface area contributed by atoms with Crippen molar-refractivity contribution in [2.45, 2.75) is 13.0 Å². The molecule has 1 saturated heterocycles. The number of ketones is 1. The topological polar surface area (TPSA) is 79.7 Å². The van der Waals surface area contributed by atoms with Gasteiger partial charge in [0.2, 0.25) is 0 Å². The summed E-state index contributed by atoms with van der Waals surface area (Å²) in [6.45, 7) is 1.91. The number of rotatable bonds is 4. The molecule has 1 aliphatic rings. The van der Waals surface area contributed by atoms with Gasteiger partial charge in [0.25, 0.3) is 5.78 Å². The van der Waals surface area contributed by atoms with Crippen LogP contribution in [-0.4, -0.2) is 28.9 Å². The lowest BCUT2D eigenvalue weighted by molar-refractivity contribution is -0.132. The number of benzene rings is 3. The van der Waals surface area contributed by atoms with Crippen LogP contribution in [0.15, 0.2) is 72.3 Å². The third kappa shape index (κ3) is 3.62. The number of hydrogen-bond acceptors (Lipinski definition) is 6. The number of aliphatic hydroxyl groups is 1. The van der Waals surface area contributed by atoms with E-state index in [0.717, 1.165) is 16.9 Å². The predicted octanol–water partition coefficient (Wildman–Crippen LogP) is 5.38. The SMILES string of the molecule is COc1ccc(C2/C(=C(\O)c3ccc(C)cc3)C(=O)C(=O)N2c2nc3ccc(F)cc3s2)cc1. The summed E-state index contributed by atoms with van der Waals surface area (Å²) < 4.78 is 19.5. The van der Waals surface area contributed by atoms with Gasteiger partial charge in [-0.25, -0.2) is 9.37 Å². The number of methoxy groups -OCH3 is 1. The first-order valence-electron chi connectivity index (χ1n) is 10.5. The summed E-state index contributed by atoms with van der Waals surface area (Å²) in [6.07, 6.45) is 0. The van der Waals surface area contributed by atoms with Gasteiger partial charge in [-0.15, -0.1) is 0 Å². The maximum absolute atomic E-state index is 13.8. The number of amides is 1. The summed E-state index contributed by atoms with van der Waals surface area (Å²) in [5.41, 5.74) is 2.48. The molecule has 8 heteroatoms. The van der Waals surface area contributed by atoms with Gasteiger partial charge >= 0.3 is 5.91 Å². The number of anilines is 1. The fourth-order valence-electron chi connectivity index (χ4n) is 3.99. The lowest BCUT2D eigenvalue weighted by atomic mass is 9.95. The number of fused-ring (bicyclic) bond motifs is 1. The second kappa shape index (κ2) is 8.39. The molecule has 1 N–H and O–H groups in total. The van der Waals surface area contributed by atoms with Gasteiger partial charge in [-0.05, 0) is 42.8 Å². The summed E-state index contributed by atoms with van der Waals surface area (Å²) in [5.74, 6) is -1.71. The van der Waals surface area contributed by atoms with Crippen LogP contribution in [0.1, 0.15) is 22.7 Å². The molecule has 4 aromatic rings. The van der Waals surface area contributed by atoms with E-state index < -0.39 is 23.5 Å². The van der Waals surface area contributed by atoms with E-state index in [1.54, 1.807) is 43.5 Å². The van der Waals surface area contributed by atoms with Gasteiger partial charge in [-0.1, -0.05) is 53.3 Å². The highest BCUT2D eigenvalue weighted by molar-refractivity contribution is 7.22. The van der Waals surface area contributed by atoms with E-state index in [2.05, 4.69) is 4.98 Å². The van der Waals surface area contributed by atoms with Crippen molar-refractivity contribution in [3.63, 3.8) is 0 Å². The van der Waals surface area contributed by atoms with Crippen LogP contribution in [0.2, 0.25) is 0 Å². The van der Waals surface area contributed by atoms with Crippen LogP contribution in [0.5, 0.6) is 5.75 Å². The van der Waals surface area contributed by atoms with Crippen molar-refractivity contribution in [2.24, 2.45) is 0 Å². The number of ether oxygens (including phenoxy) is 1. The van der Waals surface area contributed by atoms with Crippen molar-refractivity contribution in [2.75, 3.05) is 12.0 Å². The van der Waals surface area contributed by atoms with Gasteiger partial charge in [0.1, 0.15) is 17.3 Å². The van der Waals surface area contributed by atoms with Crippen LogP contribution in [-0.2, 0) is 9.59 Å². The maximum atomic E-state index is 13.8. The summed E-state index contributed by atoms with van der Waals surface area (Å²) >= 11 is 1.10. The number of aryl methyl sites for hydroxylation is 1. The normalized spacial score (nSPS) is 17.5. The molecule has 6 nitrogen and oxygen atoms in total. The van der Waals surface area contributed by atoms with Crippen molar-refractivity contribution in [3.8, 4) is 5.75 Å². The number of halogens is 1. The third-order valence-electron chi connectivity index (χ3n) is 5.75. The molecule has 34 heavy (non-hydrogen) atoms. The Morgan fingerprint density at radius 3 is 2.44 bits per heavy atom. The highest BCUT2D eigenvalue weighted by Crippen LogP contribution is 2.44. The summed E-state index contributed by atoms with van der Waals surface area (Å²) in [4.78, 5) is 32.2. The predicted molar refractivity (Wildman–Crippen MR) is 129 cm³/mol. The van der Waals surface area contributed by atoms with E-state index >= 15 is 0 Å². The Kier molecular flexibility index (Phi) is 5.37. The Labute approximate surface area is 198 Å². The van der Waals surface area contributed by atoms with Crippen molar-refractivity contribution in [1.82, 2.24) is 4.98 Å². The summed E-state index contributed by atoms with van der Waals surface area (Å²) in [5, 5.41) is 11.4. The average Bonchev–Trinajstić information content (AvgIpc) is 3.37. The van der Waals surface area contributed by atoms with E-state index in [1.807, 2.05) is 19.1 Å². The van der Waals surface area contributed by atoms with Crippen molar-refractivity contribution >= 4 is 44.1 Å². The molecule has 170 valence electrons. The van der Waals surface area contributed by atoms with Crippen LogP contribution < -0.4 is 9.64 Å². The van der Waals surface area contributed by atoms with Gasteiger partial charge < -0.3 is 9.84 Å². The first-order chi connectivity index (χ1) is 16.4. The van der Waals surface area contributed by atoms with Gasteiger partial charge in [0, 0.05) is 5.56 Å². The van der Waals surface area contributed by atoms with Crippen molar-refractivity contribution in [3.05, 3.63) is 94.8 Å². The van der Waals surface area contributed by atoms with E-state index in [4.69, 9.17) is 4.74 Å². The molecule has 5 rings (SSSR count). The lowest BCUT2D eigenvalue weighted by Crippen LogP contribution is -2.29. The number of aromatic nitrogens is 1. The maximum Gasteiger partial charge on any atom is 0.301 e. The van der Waals surface area contributed by atoms with Crippen LogP contribution in [0.4, 0.5) is 9.52 Å². The van der Waals surface area contributed by atoms with Crippen LogP contribution in [0, 0.1) is 12.7 Å². The summed E-state index contributed by atoms with van der Waals surface area (Å²) in [6, 6.07) is 17.2. The minimum atomic E-state index is -0.919. The first kappa shape index (κ1) is 21.8. The lowest BCUT2D eigenvalue weighted by Gasteiger charge is -2.23. The number of carbonyl (C=O) groups excluding carboxylic acids is 2. The number of thiazole rings is 1. The number of nitrogens with zero attached hydrogens (tertiary/aromatic N) is 2. The molecule has 0 radical (unpaired) electrons. The Morgan fingerprint density at radius 2 is 1.76 bits per heavy atom. The summed E-state index contributed by atoms with van der Waals surface area (Å²) in [7, 11) is 1.54. The number of aliphatic hydroxyl groups excluding tert-OH is 1. The molecule has 1 unspecified atom stereocenters. The second-order valence-corrected chi connectivity index (χ2v) is 8.93. The van der Waals surface area contributed by atoms with E-state index in [-0.39, 0.29) is 16.5 Å². The number of carbonyl (C=O) groups is 2. The number of Topliss-reactive ketones (excluding diaryl/α,β-unsaturated/α-hetero) is 1. The van der Waals surface area contributed by atoms with Gasteiger partial charge in [0.15, 0.2) is 5.13 Å². The van der Waals surface area contributed by atoms with E-state index in [1.165, 1.54) is 23.1 Å². The molecule has 1 amide bonds. The van der Waals surface area contributed by atoms with Crippen LogP contribution >= 0.6 is 11.3 Å². The molecule has 0 bridgehead atoms. The Bertz CT molecular complexity index is 1460. The third-order valence-corrected chi connectivity index (χ3v) is 6.76. The zero-order valence-electron chi connectivity index (χ0n) is 18.3. The monoisotopic (exact) mass is 474 g/mol. The largest absolute Gasteiger partial charge is 0.507 e. The van der Waals surface area contributed by atoms with Gasteiger partial charge in [0.05, 0.1) is 28.9 Å². The molecular formula is C26H19FN2O4S. The van der Waals surface area contributed by atoms with E-state index in [9.17, 15) is 19.1 Å². The molecule has 3 aromatic carbocycles. The Balaban J connectivity index is 1.72. The highest BCUT2D eigenvalue weighted by Gasteiger charge is 2.48. The van der Waals surface area contributed by atoms with Gasteiger partial charge in [-0.3, -0.25) is 14.5 Å². The molecular weight excluding hydrogens is 455 g/mol. The van der Waals surface area contributed by atoms with Crippen LogP contribution in [0.3, 0.4) is 0 Å². The molecule has 1 fully saturated rings. The smallest absolute Gasteiger partial charge is 0.301 e. The first-order valence-corrected chi connectivity index (χ1v) is 11.3. The standard InChI is InChI=1S/C26H19FN2O4S/c1-14-3-5-16(6-4-14)23(30)21-22(15-7-10-18(33-2)11-8-15)29(25(32)24(21)31)26-28-19-12-9-17(27)13-20(19)34-26/h3-13,22,30H,1-2H3/b23-21+. The molecule has 0 saturated carbocycles. The zero-order chi connectivity index (χ0) is 24.0. The average molecular weight is 475 g/mol. The van der Waals surface area contributed by atoms with Gasteiger partial charge in [-0.2, -0.15) is 0 Å². The highest BCUT2D eigenvalue weighted by atomic mass is 32.1. The fourth-order valence-corrected chi connectivity index (χ4v) is 5.00. The molecule has 1 aliphatic heterocycles. The minimum Gasteiger partial charge on any atom is -0.507 e. The Hall–Kier alpha value is -4.04. The molecule has 1 aromatic heterocycles. The quantitative estimate of drug-likeness (QED) is 0.244. The fraction of sp³-hybridized carbons (Fsp3) is 0.115. The molecule has 2 heterocycles. The van der Waals surface area contributed by atoms with Crippen molar-refractivity contribution in [1.29, 1.82) is 0 Å². The zero-order valence-corrected chi connectivity index (χ0v) is 19.1. The second-order valence-electron chi connectivity index (χ2n) is 7.92. The molecule has 1 atom stereocenters. The van der Waals surface area contributed by atoms with Crippen molar-refractivity contribution < 1.29 is 23.8 Å².